The molecule has 0 N–H and O–H groups in total. The van der Waals surface area contributed by atoms with Crippen molar-refractivity contribution >= 4 is 11.5 Å². The number of carbonyl (C=O) groups excluding carboxylic acids is 1. The Bertz CT molecular complexity index is 448. The van der Waals surface area contributed by atoms with Crippen LogP contribution >= 0.6 is 0 Å². The van der Waals surface area contributed by atoms with Gasteiger partial charge in [0.1, 0.15) is 0 Å². The van der Waals surface area contributed by atoms with Crippen LogP contribution in [0.3, 0.4) is 0 Å². The number of benzene rings is 1. The minimum Gasteiger partial charge on any atom is -0.383 e. The van der Waals surface area contributed by atoms with Gasteiger partial charge in [-0.15, -0.1) is 0 Å². The van der Waals surface area contributed by atoms with Crippen molar-refractivity contribution < 1.29 is 14.5 Å². The molecule has 0 unspecified atom stereocenters. The van der Waals surface area contributed by atoms with E-state index in [0.29, 0.717) is 18.7 Å². The molecule has 1 aromatic rings. The van der Waals surface area contributed by atoms with Gasteiger partial charge < -0.3 is 4.74 Å². The zero-order chi connectivity index (χ0) is 14.3. The van der Waals surface area contributed by atoms with Gasteiger partial charge in [0.25, 0.3) is 5.69 Å². The number of rotatable bonds is 8. The molecule has 0 aliphatic rings. The average molecular weight is 266 g/mol. The third-order valence-electron chi connectivity index (χ3n) is 2.81. The Morgan fingerprint density at radius 1 is 1.47 bits per heavy atom. The van der Waals surface area contributed by atoms with Gasteiger partial charge in [-0.3, -0.25) is 19.8 Å². The number of non-ortho nitro benzene ring substituents is 1. The quantitative estimate of drug-likeness (QED) is 0.407. The molecular formula is C13H18N2O4. The number of nitro benzene ring substituents is 1. The summed E-state index contributed by atoms with van der Waals surface area (Å²) in [6.45, 7) is 4.13. The molecule has 0 fully saturated rings. The molecule has 19 heavy (non-hydrogen) atoms. The van der Waals surface area contributed by atoms with Gasteiger partial charge in [0.05, 0.1) is 18.1 Å². The van der Waals surface area contributed by atoms with Gasteiger partial charge in [-0.1, -0.05) is 19.1 Å². The van der Waals surface area contributed by atoms with E-state index in [2.05, 4.69) is 0 Å². The zero-order valence-electron chi connectivity index (χ0n) is 11.2. The number of ketones is 1. The highest BCUT2D eigenvalue weighted by Crippen LogP contribution is 2.13. The van der Waals surface area contributed by atoms with Gasteiger partial charge in [-0.25, -0.2) is 0 Å². The lowest BCUT2D eigenvalue weighted by Crippen LogP contribution is -2.32. The van der Waals surface area contributed by atoms with E-state index in [0.717, 1.165) is 6.54 Å². The number of methoxy groups -OCH3 is 1. The number of nitro groups is 1. The van der Waals surface area contributed by atoms with E-state index in [1.165, 1.54) is 18.2 Å². The van der Waals surface area contributed by atoms with Gasteiger partial charge in [-0.05, 0) is 6.54 Å². The maximum Gasteiger partial charge on any atom is 0.270 e. The number of likely N-dealkylation sites (N-methyl/N-ethyl adjacent to an activating group) is 1. The number of Topliss-reactive ketones (excluding diaryl/α,β-unsaturated/α-hetero) is 1. The monoisotopic (exact) mass is 266 g/mol. The summed E-state index contributed by atoms with van der Waals surface area (Å²) in [5.41, 5.74) is 0.302. The first kappa shape index (κ1) is 15.3. The Morgan fingerprint density at radius 3 is 2.79 bits per heavy atom. The summed E-state index contributed by atoms with van der Waals surface area (Å²) in [4.78, 5) is 24.1. The van der Waals surface area contributed by atoms with Crippen LogP contribution in [0.1, 0.15) is 17.3 Å². The van der Waals surface area contributed by atoms with Gasteiger partial charge >= 0.3 is 0 Å². The SMILES string of the molecule is CCN(CCOC)CC(=O)c1cccc([N+](=O)[O-])c1. The highest BCUT2D eigenvalue weighted by Gasteiger charge is 2.14. The molecule has 0 radical (unpaired) electrons. The summed E-state index contributed by atoms with van der Waals surface area (Å²) < 4.78 is 4.97. The van der Waals surface area contributed by atoms with Gasteiger partial charge in [0.15, 0.2) is 5.78 Å². The molecule has 0 atom stereocenters. The van der Waals surface area contributed by atoms with Crippen molar-refractivity contribution in [3.05, 3.63) is 39.9 Å². The summed E-state index contributed by atoms with van der Waals surface area (Å²) in [6, 6.07) is 5.81. The van der Waals surface area contributed by atoms with Crippen molar-refractivity contribution in [3.63, 3.8) is 0 Å². The van der Waals surface area contributed by atoms with E-state index in [-0.39, 0.29) is 18.0 Å². The Labute approximate surface area is 112 Å². The Kier molecular flexibility index (Phi) is 6.11. The van der Waals surface area contributed by atoms with Crippen molar-refractivity contribution in [2.45, 2.75) is 6.92 Å². The molecular weight excluding hydrogens is 248 g/mol. The fraction of sp³-hybridized carbons (Fsp3) is 0.462. The van der Waals surface area contributed by atoms with Crippen LogP contribution in [-0.2, 0) is 4.74 Å². The highest BCUT2D eigenvalue weighted by molar-refractivity contribution is 5.98. The molecule has 1 rings (SSSR count). The molecule has 0 spiro atoms. The topological polar surface area (TPSA) is 72.7 Å². The summed E-state index contributed by atoms with van der Waals surface area (Å²) in [6.07, 6.45) is 0. The number of carbonyl (C=O) groups is 1. The van der Waals surface area contributed by atoms with Gasteiger partial charge in [-0.2, -0.15) is 0 Å². The van der Waals surface area contributed by atoms with Crippen molar-refractivity contribution in [1.82, 2.24) is 4.90 Å². The van der Waals surface area contributed by atoms with Gasteiger partial charge in [0.2, 0.25) is 0 Å². The first-order valence-corrected chi connectivity index (χ1v) is 6.07. The average Bonchev–Trinajstić information content (AvgIpc) is 2.43. The van der Waals surface area contributed by atoms with E-state index < -0.39 is 4.92 Å². The predicted octanol–water partition coefficient (Wildman–Crippen LogP) is 1.75. The van der Waals surface area contributed by atoms with Crippen LogP contribution < -0.4 is 0 Å². The van der Waals surface area contributed by atoms with E-state index in [9.17, 15) is 14.9 Å². The molecule has 0 saturated heterocycles. The lowest BCUT2D eigenvalue weighted by atomic mass is 10.1. The first-order valence-electron chi connectivity index (χ1n) is 6.07. The molecule has 0 aromatic heterocycles. The molecule has 0 bridgehead atoms. The molecule has 0 aliphatic heterocycles. The summed E-state index contributed by atoms with van der Waals surface area (Å²) in [5, 5.41) is 10.7. The smallest absolute Gasteiger partial charge is 0.270 e. The van der Waals surface area contributed by atoms with Crippen LogP contribution in [0.15, 0.2) is 24.3 Å². The number of nitrogens with zero attached hydrogens (tertiary/aromatic N) is 2. The van der Waals surface area contributed by atoms with Crippen LogP contribution in [0, 0.1) is 10.1 Å². The Hall–Kier alpha value is -1.79. The van der Waals surface area contributed by atoms with Crippen molar-refractivity contribution in [2.24, 2.45) is 0 Å². The molecule has 6 heteroatoms. The molecule has 104 valence electrons. The first-order chi connectivity index (χ1) is 9.08. The second-order valence-corrected chi connectivity index (χ2v) is 4.09. The van der Waals surface area contributed by atoms with E-state index in [4.69, 9.17) is 4.74 Å². The minimum absolute atomic E-state index is 0.0641. The standard InChI is InChI=1S/C13H18N2O4/c1-3-14(7-8-19-2)10-13(16)11-5-4-6-12(9-11)15(17)18/h4-6,9H,3,7-8,10H2,1-2H3. The van der Waals surface area contributed by atoms with Crippen LogP contribution in [0.25, 0.3) is 0 Å². The second kappa shape index (κ2) is 7.60. The predicted molar refractivity (Wildman–Crippen MR) is 71.4 cm³/mol. The summed E-state index contributed by atoms with van der Waals surface area (Å²) in [5.74, 6) is -0.123. The van der Waals surface area contributed by atoms with Crippen molar-refractivity contribution in [1.29, 1.82) is 0 Å². The molecule has 0 aliphatic carbocycles. The number of hydrogen-bond acceptors (Lipinski definition) is 5. The highest BCUT2D eigenvalue weighted by atomic mass is 16.6. The maximum absolute atomic E-state index is 12.0. The third-order valence-corrected chi connectivity index (χ3v) is 2.81. The Balaban J connectivity index is 2.71. The van der Waals surface area contributed by atoms with E-state index in [1.807, 2.05) is 11.8 Å². The summed E-state index contributed by atoms with van der Waals surface area (Å²) >= 11 is 0. The fourth-order valence-corrected chi connectivity index (χ4v) is 1.66. The lowest BCUT2D eigenvalue weighted by Gasteiger charge is -2.18. The van der Waals surface area contributed by atoms with E-state index in [1.54, 1.807) is 13.2 Å². The number of hydrogen-bond donors (Lipinski definition) is 0. The van der Waals surface area contributed by atoms with Crippen LogP contribution in [-0.4, -0.2) is 49.0 Å². The second-order valence-electron chi connectivity index (χ2n) is 4.09. The van der Waals surface area contributed by atoms with Crippen LogP contribution in [0.5, 0.6) is 0 Å². The van der Waals surface area contributed by atoms with Crippen LogP contribution in [0.4, 0.5) is 5.69 Å². The van der Waals surface area contributed by atoms with Gasteiger partial charge in [0, 0.05) is 31.4 Å². The lowest BCUT2D eigenvalue weighted by molar-refractivity contribution is -0.384. The van der Waals surface area contributed by atoms with Crippen molar-refractivity contribution in [3.8, 4) is 0 Å². The number of ether oxygens (including phenoxy) is 1. The Morgan fingerprint density at radius 2 is 2.21 bits per heavy atom. The molecule has 1 aromatic carbocycles. The molecule has 0 heterocycles. The molecule has 6 nitrogen and oxygen atoms in total. The zero-order valence-corrected chi connectivity index (χ0v) is 11.2. The maximum atomic E-state index is 12.0. The normalized spacial score (nSPS) is 10.7. The van der Waals surface area contributed by atoms with E-state index >= 15 is 0 Å². The fourth-order valence-electron chi connectivity index (χ4n) is 1.66. The molecule has 0 amide bonds. The third kappa shape index (κ3) is 4.76. The van der Waals surface area contributed by atoms with Crippen LogP contribution in [0.2, 0.25) is 0 Å². The minimum atomic E-state index is -0.501. The van der Waals surface area contributed by atoms with Crippen molar-refractivity contribution in [2.75, 3.05) is 33.4 Å². The molecule has 0 saturated carbocycles. The largest absolute Gasteiger partial charge is 0.383 e. The summed E-state index contributed by atoms with van der Waals surface area (Å²) in [7, 11) is 1.61.